The minimum atomic E-state index is -2.58. The van der Waals surface area contributed by atoms with Crippen LogP contribution in [0.4, 0.5) is 0 Å². The minimum absolute atomic E-state index is 0.275. The van der Waals surface area contributed by atoms with E-state index in [1.165, 1.54) is 13.2 Å². The van der Waals surface area contributed by atoms with Gasteiger partial charge in [0.15, 0.2) is 11.5 Å². The average Bonchev–Trinajstić information content (AvgIpc) is 2.60. The molecule has 0 bridgehead atoms. The van der Waals surface area contributed by atoms with Crippen molar-refractivity contribution in [1.82, 2.24) is 0 Å². The first kappa shape index (κ1) is 23.8. The number of hydrogen-bond acceptors (Lipinski definition) is 5. The normalized spacial score (nSPS) is 11.4. The van der Waals surface area contributed by atoms with Crippen molar-refractivity contribution >= 4 is 57.3 Å². The fourth-order valence-electron chi connectivity index (χ4n) is 2.16. The summed E-state index contributed by atoms with van der Waals surface area (Å²) in [7, 11) is 1.31. The highest BCUT2D eigenvalue weighted by atomic mass is 35.8. The van der Waals surface area contributed by atoms with Gasteiger partial charge in [0.2, 0.25) is 0 Å². The van der Waals surface area contributed by atoms with Gasteiger partial charge in [0.1, 0.15) is 0 Å². The third-order valence-corrected chi connectivity index (χ3v) is 6.07. The first-order valence-corrected chi connectivity index (χ1v) is 13.8. The molecule has 0 heterocycles. The maximum absolute atomic E-state index is 12.0. The van der Waals surface area contributed by atoms with Crippen molar-refractivity contribution in [1.29, 1.82) is 0 Å². The van der Waals surface area contributed by atoms with Gasteiger partial charge < -0.3 is 14.2 Å². The molecule has 0 radical (unpaired) electrons. The van der Waals surface area contributed by atoms with Crippen LogP contribution in [0.5, 0.6) is 11.5 Å². The molecule has 27 heavy (non-hydrogen) atoms. The van der Waals surface area contributed by atoms with Crippen LogP contribution >= 0.6 is 33.2 Å². The van der Waals surface area contributed by atoms with Gasteiger partial charge in [0.25, 0.3) is 0 Å². The lowest BCUT2D eigenvalue weighted by Gasteiger charge is -2.11. The highest BCUT2D eigenvalue weighted by Crippen LogP contribution is 2.30. The van der Waals surface area contributed by atoms with Gasteiger partial charge in [-0.1, -0.05) is 18.9 Å². The number of halogens is 3. The Labute approximate surface area is 174 Å². The molecule has 0 spiro atoms. The van der Waals surface area contributed by atoms with Crippen LogP contribution in [-0.4, -0.2) is 31.7 Å². The monoisotopic (exact) mass is 452 g/mol. The van der Waals surface area contributed by atoms with Gasteiger partial charge in [-0.3, -0.25) is 4.79 Å². The van der Waals surface area contributed by atoms with E-state index in [4.69, 9.17) is 42.7 Å². The van der Waals surface area contributed by atoms with E-state index < -0.39 is 12.0 Å². The SMILES string of the molecule is CCOc1cc(C=CC(=O)OC)ccc1OC(=O)CCCCC[Si](Cl)(Cl)Cl. The number of methoxy groups -OCH3 is 1. The smallest absolute Gasteiger partial charge is 0.341 e. The summed E-state index contributed by atoms with van der Waals surface area (Å²) in [5.41, 5.74) is 0.722. The zero-order valence-corrected chi connectivity index (χ0v) is 18.6. The van der Waals surface area contributed by atoms with Gasteiger partial charge in [-0.05, 0) is 43.2 Å². The highest BCUT2D eigenvalue weighted by Gasteiger charge is 2.23. The summed E-state index contributed by atoms with van der Waals surface area (Å²) in [6, 6.07) is 3.04. The lowest BCUT2D eigenvalue weighted by Crippen LogP contribution is -2.10. The predicted molar refractivity (Wildman–Crippen MR) is 111 cm³/mol. The summed E-state index contributed by atoms with van der Waals surface area (Å²) in [6.07, 6.45) is 5.41. The Hall–Kier alpha value is -1.21. The van der Waals surface area contributed by atoms with E-state index in [0.717, 1.165) is 18.4 Å². The molecule has 150 valence electrons. The van der Waals surface area contributed by atoms with E-state index in [1.54, 1.807) is 24.3 Å². The molecule has 1 aromatic carbocycles. The van der Waals surface area contributed by atoms with Crippen LogP contribution < -0.4 is 9.47 Å². The van der Waals surface area contributed by atoms with Crippen LogP contribution in [0.15, 0.2) is 24.3 Å². The summed E-state index contributed by atoms with van der Waals surface area (Å²) in [4.78, 5) is 23.2. The molecule has 1 aromatic rings. The number of carbonyl (C=O) groups excluding carboxylic acids is 2. The molecular weight excluding hydrogens is 431 g/mol. The first-order valence-electron chi connectivity index (χ1n) is 8.55. The number of ether oxygens (including phenoxy) is 3. The quantitative estimate of drug-likeness (QED) is 0.112. The Morgan fingerprint density at radius 1 is 1.11 bits per heavy atom. The van der Waals surface area contributed by atoms with E-state index in [0.29, 0.717) is 30.6 Å². The maximum Gasteiger partial charge on any atom is 0.341 e. The van der Waals surface area contributed by atoms with Crippen LogP contribution in [0.1, 0.15) is 38.2 Å². The topological polar surface area (TPSA) is 61.8 Å². The van der Waals surface area contributed by atoms with Gasteiger partial charge in [-0.15, -0.1) is 33.2 Å². The number of carbonyl (C=O) groups is 2. The fraction of sp³-hybridized carbons (Fsp3) is 0.444. The number of esters is 2. The molecular formula is C18H23Cl3O5Si. The Morgan fingerprint density at radius 2 is 1.85 bits per heavy atom. The molecule has 0 saturated carbocycles. The molecule has 0 fully saturated rings. The minimum Gasteiger partial charge on any atom is -0.490 e. The van der Waals surface area contributed by atoms with E-state index in [1.807, 2.05) is 6.92 Å². The molecule has 0 aliphatic carbocycles. The summed E-state index contributed by atoms with van der Waals surface area (Å²) < 4.78 is 15.5. The van der Waals surface area contributed by atoms with E-state index in [-0.39, 0.29) is 12.4 Å². The molecule has 0 N–H and O–H groups in total. The van der Waals surface area contributed by atoms with Crippen LogP contribution in [0.2, 0.25) is 6.04 Å². The molecule has 9 heteroatoms. The molecule has 5 nitrogen and oxygen atoms in total. The molecule has 0 amide bonds. The Balaban J connectivity index is 2.60. The van der Waals surface area contributed by atoms with Crippen molar-refractivity contribution in [2.75, 3.05) is 13.7 Å². The van der Waals surface area contributed by atoms with Crippen molar-refractivity contribution in [3.8, 4) is 11.5 Å². The van der Waals surface area contributed by atoms with Gasteiger partial charge in [0.05, 0.1) is 13.7 Å². The second kappa shape index (κ2) is 12.3. The van der Waals surface area contributed by atoms with Gasteiger partial charge in [0, 0.05) is 12.5 Å². The summed E-state index contributed by atoms with van der Waals surface area (Å²) in [6.45, 7) is 2.24. The summed E-state index contributed by atoms with van der Waals surface area (Å²) in [5, 5.41) is 0. The van der Waals surface area contributed by atoms with Crippen molar-refractivity contribution in [3.05, 3.63) is 29.8 Å². The highest BCUT2D eigenvalue weighted by molar-refractivity contribution is 7.64. The largest absolute Gasteiger partial charge is 0.490 e. The molecule has 0 unspecified atom stereocenters. The van der Waals surface area contributed by atoms with E-state index in [9.17, 15) is 9.59 Å². The van der Waals surface area contributed by atoms with Gasteiger partial charge in [-0.25, -0.2) is 4.79 Å². The standard InChI is InChI=1S/C18H23Cl3O5Si/c1-3-25-16-13-14(9-11-17(22)24-2)8-10-15(16)26-18(23)7-5-4-6-12-27(19,20)21/h8-11,13H,3-7,12H2,1-2H3. The summed E-state index contributed by atoms with van der Waals surface area (Å²) >= 11 is 17.5. The van der Waals surface area contributed by atoms with Gasteiger partial charge >= 0.3 is 17.9 Å². The van der Waals surface area contributed by atoms with E-state index in [2.05, 4.69) is 4.74 Å². The zero-order chi connectivity index (χ0) is 20.3. The van der Waals surface area contributed by atoms with Crippen molar-refractivity contribution in [2.45, 2.75) is 38.7 Å². The van der Waals surface area contributed by atoms with Crippen LogP contribution in [0, 0.1) is 0 Å². The fourth-order valence-corrected chi connectivity index (χ4v) is 4.01. The Bertz CT molecular complexity index is 659. The second-order valence-corrected chi connectivity index (χ2v) is 14.9. The van der Waals surface area contributed by atoms with E-state index >= 15 is 0 Å². The molecule has 1 rings (SSSR count). The average molecular weight is 454 g/mol. The predicted octanol–water partition coefficient (Wildman–Crippen LogP) is 5.39. The number of rotatable bonds is 11. The lowest BCUT2D eigenvalue weighted by atomic mass is 10.2. The van der Waals surface area contributed by atoms with Crippen LogP contribution in [0.3, 0.4) is 0 Å². The number of benzene rings is 1. The molecule has 0 saturated heterocycles. The lowest BCUT2D eigenvalue weighted by molar-refractivity contribution is -0.135. The summed E-state index contributed by atoms with van der Waals surface area (Å²) in [5.74, 6) is -0.0355. The van der Waals surface area contributed by atoms with Crippen molar-refractivity contribution < 1.29 is 23.8 Å². The first-order chi connectivity index (χ1) is 12.7. The third-order valence-electron chi connectivity index (χ3n) is 3.45. The molecule has 0 aromatic heterocycles. The third kappa shape index (κ3) is 10.6. The van der Waals surface area contributed by atoms with Crippen molar-refractivity contribution in [3.63, 3.8) is 0 Å². The van der Waals surface area contributed by atoms with Crippen molar-refractivity contribution in [2.24, 2.45) is 0 Å². The van der Waals surface area contributed by atoms with Crippen LogP contribution in [-0.2, 0) is 14.3 Å². The molecule has 0 aliphatic heterocycles. The van der Waals surface area contributed by atoms with Crippen LogP contribution in [0.25, 0.3) is 6.08 Å². The number of unbranched alkanes of at least 4 members (excludes halogenated alkanes) is 2. The second-order valence-electron chi connectivity index (χ2n) is 5.65. The number of hydrogen-bond donors (Lipinski definition) is 0. The maximum atomic E-state index is 12.0. The Kier molecular flexibility index (Phi) is 10.8. The van der Waals surface area contributed by atoms with Gasteiger partial charge in [-0.2, -0.15) is 0 Å². The molecule has 0 atom stereocenters. The molecule has 0 aliphatic rings. The zero-order valence-electron chi connectivity index (χ0n) is 15.3. The Morgan fingerprint density at radius 3 is 2.48 bits per heavy atom.